The summed E-state index contributed by atoms with van der Waals surface area (Å²) in [7, 11) is -4.61. The first kappa shape index (κ1) is 11.8. The Morgan fingerprint density at radius 2 is 1.60 bits per heavy atom. The topological polar surface area (TPSA) is 160 Å². The fourth-order valence-corrected chi connectivity index (χ4v) is 0. The monoisotopic (exact) mass is 173 g/mol. The van der Waals surface area contributed by atoms with Crippen LogP contribution in [0.5, 0.6) is 0 Å². The van der Waals surface area contributed by atoms with Gasteiger partial charge in [0.1, 0.15) is 0 Å². The van der Waals surface area contributed by atoms with Crippen LogP contribution in [0.3, 0.4) is 0 Å². The standard InChI is InChI=1S/CH5N3.H2O5S/c2-1(3)4;1-5-6(2,3)4/h(H5,2,3,4);1H,(H,2,3,4). The summed E-state index contributed by atoms with van der Waals surface area (Å²) in [6.45, 7) is 0. The molecule has 0 atom stereocenters. The van der Waals surface area contributed by atoms with E-state index in [2.05, 4.69) is 15.8 Å². The van der Waals surface area contributed by atoms with Crippen molar-refractivity contribution in [2.45, 2.75) is 0 Å². The van der Waals surface area contributed by atoms with Crippen LogP contribution in [0.2, 0.25) is 0 Å². The lowest BCUT2D eigenvalue weighted by molar-refractivity contribution is -0.139. The minimum Gasteiger partial charge on any atom is -0.370 e. The molecule has 0 radical (unpaired) electrons. The van der Waals surface area contributed by atoms with Gasteiger partial charge >= 0.3 is 10.4 Å². The third-order valence-electron chi connectivity index (χ3n) is 0.0942. The quantitative estimate of drug-likeness (QED) is 0.102. The van der Waals surface area contributed by atoms with Crippen molar-refractivity contribution in [2.75, 3.05) is 0 Å². The number of hydrogen-bond acceptors (Lipinski definition) is 5. The van der Waals surface area contributed by atoms with Crippen molar-refractivity contribution in [3.05, 3.63) is 0 Å². The Kier molecular flexibility index (Phi) is 5.84. The maximum atomic E-state index is 9.08. The van der Waals surface area contributed by atoms with E-state index >= 15 is 0 Å². The Morgan fingerprint density at radius 1 is 1.50 bits per heavy atom. The molecular weight excluding hydrogens is 166 g/mol. The second kappa shape index (κ2) is 4.93. The predicted octanol–water partition coefficient (Wildman–Crippen LogP) is -1.88. The molecule has 0 aliphatic carbocycles. The zero-order valence-corrected chi connectivity index (χ0v) is 5.50. The number of rotatable bonds is 1. The van der Waals surface area contributed by atoms with Crippen LogP contribution in [0.4, 0.5) is 0 Å². The van der Waals surface area contributed by atoms with E-state index in [4.69, 9.17) is 23.6 Å². The van der Waals surface area contributed by atoms with Gasteiger partial charge in [0.15, 0.2) is 5.96 Å². The lowest BCUT2D eigenvalue weighted by Gasteiger charge is -1.79. The van der Waals surface area contributed by atoms with Gasteiger partial charge in [-0.05, 0) is 0 Å². The smallest absolute Gasteiger partial charge is 0.370 e. The Morgan fingerprint density at radius 3 is 1.60 bits per heavy atom. The highest BCUT2D eigenvalue weighted by atomic mass is 32.3. The molecule has 0 amide bonds. The normalized spacial score (nSPS) is 9.40. The maximum Gasteiger partial charge on any atom is 0.423 e. The molecular formula is CH7N3O5S. The Balaban J connectivity index is 0. The van der Waals surface area contributed by atoms with Crippen LogP contribution in [0.15, 0.2) is 0 Å². The van der Waals surface area contributed by atoms with E-state index in [0.29, 0.717) is 0 Å². The molecule has 0 saturated heterocycles. The van der Waals surface area contributed by atoms with Crippen LogP contribution in [0, 0.1) is 5.41 Å². The first-order valence-corrected chi connectivity index (χ1v) is 3.06. The largest absolute Gasteiger partial charge is 0.423 e. The summed E-state index contributed by atoms with van der Waals surface area (Å²) < 4.78 is 28.0. The minimum absolute atomic E-state index is 0.333. The van der Waals surface area contributed by atoms with Gasteiger partial charge in [-0.3, -0.25) is 9.96 Å². The van der Waals surface area contributed by atoms with E-state index in [9.17, 15) is 0 Å². The fourth-order valence-electron chi connectivity index (χ4n) is 0. The summed E-state index contributed by atoms with van der Waals surface area (Å²) in [5.74, 6) is -0.333. The second-order valence-electron chi connectivity index (χ2n) is 0.958. The molecule has 0 aliphatic heterocycles. The molecule has 0 bridgehead atoms. The first-order valence-electron chi connectivity index (χ1n) is 1.69. The molecule has 0 aliphatic rings. The van der Waals surface area contributed by atoms with Crippen molar-refractivity contribution in [3.8, 4) is 0 Å². The molecule has 0 rings (SSSR count). The van der Waals surface area contributed by atoms with Crippen molar-refractivity contribution in [2.24, 2.45) is 11.5 Å². The summed E-state index contributed by atoms with van der Waals surface area (Å²) in [6.07, 6.45) is 0. The van der Waals surface area contributed by atoms with Crippen LogP contribution in [-0.2, 0) is 14.7 Å². The molecule has 0 aromatic heterocycles. The SMILES string of the molecule is N=C(N)N.O=S(=O)(O)OO. The molecule has 0 heterocycles. The molecule has 62 valence electrons. The molecule has 0 unspecified atom stereocenters. The van der Waals surface area contributed by atoms with Gasteiger partial charge in [-0.1, -0.05) is 4.33 Å². The highest BCUT2D eigenvalue weighted by Gasteiger charge is 1.97. The molecule has 9 heteroatoms. The Bertz CT molecular complexity index is 179. The number of nitrogens with two attached hydrogens (primary N) is 2. The average Bonchev–Trinajstić information content (AvgIpc) is 1.63. The molecule has 7 N–H and O–H groups in total. The van der Waals surface area contributed by atoms with Crippen molar-refractivity contribution in [3.63, 3.8) is 0 Å². The van der Waals surface area contributed by atoms with Crippen LogP contribution in [0.1, 0.15) is 0 Å². The third kappa shape index (κ3) is 59.9. The summed E-state index contributed by atoms with van der Waals surface area (Å²) in [5.41, 5.74) is 8.94. The van der Waals surface area contributed by atoms with E-state index < -0.39 is 10.4 Å². The molecule has 0 saturated carbocycles. The fraction of sp³-hybridized carbons (Fsp3) is 0. The number of hydrogen-bond donors (Lipinski definition) is 5. The molecule has 0 aromatic carbocycles. The zero-order chi connectivity index (χ0) is 8.78. The second-order valence-corrected chi connectivity index (χ2v) is 1.96. The van der Waals surface area contributed by atoms with E-state index in [0.717, 1.165) is 0 Å². The van der Waals surface area contributed by atoms with Gasteiger partial charge in [-0.25, -0.2) is 5.26 Å². The highest BCUT2D eigenvalue weighted by molar-refractivity contribution is 7.80. The van der Waals surface area contributed by atoms with Crippen molar-refractivity contribution in [1.29, 1.82) is 5.41 Å². The summed E-state index contributed by atoms with van der Waals surface area (Å²) >= 11 is 0. The van der Waals surface area contributed by atoms with Crippen LogP contribution in [-0.4, -0.2) is 24.2 Å². The van der Waals surface area contributed by atoms with Gasteiger partial charge in [0.05, 0.1) is 0 Å². The number of nitrogens with one attached hydrogen (secondary N) is 1. The van der Waals surface area contributed by atoms with E-state index in [1.54, 1.807) is 0 Å². The van der Waals surface area contributed by atoms with E-state index in [1.165, 1.54) is 0 Å². The van der Waals surface area contributed by atoms with E-state index in [1.807, 2.05) is 0 Å². The lowest BCUT2D eigenvalue weighted by atomic mass is 11.1. The Hall–Kier alpha value is -0.900. The summed E-state index contributed by atoms with van der Waals surface area (Å²) in [6, 6.07) is 0. The molecule has 0 fully saturated rings. The maximum absolute atomic E-state index is 9.08. The predicted molar refractivity (Wildman–Crippen MR) is 31.4 cm³/mol. The third-order valence-corrected chi connectivity index (χ3v) is 0.283. The van der Waals surface area contributed by atoms with Gasteiger partial charge in [-0.15, -0.1) is 0 Å². The van der Waals surface area contributed by atoms with E-state index in [-0.39, 0.29) is 5.96 Å². The van der Waals surface area contributed by atoms with Gasteiger partial charge < -0.3 is 11.5 Å². The van der Waals surface area contributed by atoms with Crippen molar-refractivity contribution < 1.29 is 22.6 Å². The molecule has 0 aromatic rings. The molecule has 10 heavy (non-hydrogen) atoms. The minimum atomic E-state index is -4.61. The lowest BCUT2D eigenvalue weighted by Crippen LogP contribution is -2.20. The van der Waals surface area contributed by atoms with Gasteiger partial charge in [-0.2, -0.15) is 8.42 Å². The summed E-state index contributed by atoms with van der Waals surface area (Å²) in [4.78, 5) is 0. The van der Waals surface area contributed by atoms with Crippen molar-refractivity contribution in [1.82, 2.24) is 0 Å². The Labute approximate surface area is 56.8 Å². The number of guanidine groups is 1. The van der Waals surface area contributed by atoms with Crippen LogP contribution < -0.4 is 11.5 Å². The van der Waals surface area contributed by atoms with Crippen LogP contribution in [0.25, 0.3) is 0 Å². The summed E-state index contributed by atoms with van der Waals surface area (Å²) in [5, 5.41) is 13.1. The van der Waals surface area contributed by atoms with Gasteiger partial charge in [0, 0.05) is 0 Å². The van der Waals surface area contributed by atoms with Gasteiger partial charge in [0.25, 0.3) is 0 Å². The molecule has 8 nitrogen and oxygen atoms in total. The van der Waals surface area contributed by atoms with Gasteiger partial charge in [0.2, 0.25) is 0 Å². The highest BCUT2D eigenvalue weighted by Crippen LogP contribution is 1.74. The zero-order valence-electron chi connectivity index (χ0n) is 4.68. The molecule has 0 spiro atoms. The van der Waals surface area contributed by atoms with Crippen molar-refractivity contribution >= 4 is 16.4 Å². The average molecular weight is 173 g/mol. The van der Waals surface area contributed by atoms with Crippen LogP contribution >= 0.6 is 0 Å². The first-order chi connectivity index (χ1) is 4.29.